The van der Waals surface area contributed by atoms with E-state index in [0.717, 1.165) is 44.7 Å². The SMILES string of the molecule is CCOC(=O)C(Cc1cc(-c2ccc(C)cc2)n(-c2ccc(OC)cc2)n1)c1ccc2ccccc2c1. The Morgan fingerprint density at radius 3 is 2.32 bits per heavy atom. The van der Waals surface area contributed by atoms with Crippen molar-refractivity contribution in [2.75, 3.05) is 13.7 Å². The molecule has 0 N–H and O–H groups in total. The second-order valence-corrected chi connectivity index (χ2v) is 9.11. The molecule has 37 heavy (non-hydrogen) atoms. The molecule has 0 saturated carbocycles. The van der Waals surface area contributed by atoms with Crippen molar-refractivity contribution in [1.82, 2.24) is 9.78 Å². The van der Waals surface area contributed by atoms with E-state index in [1.165, 1.54) is 5.56 Å². The first kappa shape index (κ1) is 24.3. The van der Waals surface area contributed by atoms with Gasteiger partial charge in [0, 0.05) is 12.0 Å². The number of benzene rings is 4. The number of ether oxygens (including phenoxy) is 2. The van der Waals surface area contributed by atoms with Crippen LogP contribution in [-0.2, 0) is 16.0 Å². The minimum absolute atomic E-state index is 0.242. The summed E-state index contributed by atoms with van der Waals surface area (Å²) >= 11 is 0. The van der Waals surface area contributed by atoms with Crippen LogP contribution in [0.15, 0.2) is 97.1 Å². The zero-order chi connectivity index (χ0) is 25.8. The number of carbonyl (C=O) groups excluding carboxylic acids is 1. The van der Waals surface area contributed by atoms with Crippen LogP contribution in [-0.4, -0.2) is 29.5 Å². The van der Waals surface area contributed by atoms with E-state index in [-0.39, 0.29) is 5.97 Å². The maximum atomic E-state index is 13.2. The van der Waals surface area contributed by atoms with E-state index in [1.807, 2.05) is 54.1 Å². The summed E-state index contributed by atoms with van der Waals surface area (Å²) in [6.45, 7) is 4.24. The van der Waals surface area contributed by atoms with Gasteiger partial charge in [-0.25, -0.2) is 4.68 Å². The van der Waals surface area contributed by atoms with Crippen LogP contribution in [0.4, 0.5) is 0 Å². The highest BCUT2D eigenvalue weighted by Gasteiger charge is 2.25. The number of hydrogen-bond acceptors (Lipinski definition) is 4. The zero-order valence-electron chi connectivity index (χ0n) is 21.3. The van der Waals surface area contributed by atoms with Crippen LogP contribution >= 0.6 is 0 Å². The normalized spacial score (nSPS) is 11.9. The molecule has 0 fully saturated rings. The lowest BCUT2D eigenvalue weighted by atomic mass is 9.92. The molecule has 1 unspecified atom stereocenters. The van der Waals surface area contributed by atoms with Crippen molar-refractivity contribution >= 4 is 16.7 Å². The highest BCUT2D eigenvalue weighted by molar-refractivity contribution is 5.86. The first-order valence-corrected chi connectivity index (χ1v) is 12.5. The molecular weight excluding hydrogens is 460 g/mol. The van der Waals surface area contributed by atoms with Gasteiger partial charge in [0.05, 0.1) is 36.7 Å². The van der Waals surface area contributed by atoms with Crippen molar-refractivity contribution < 1.29 is 14.3 Å². The molecule has 0 spiro atoms. The van der Waals surface area contributed by atoms with E-state index in [1.54, 1.807) is 7.11 Å². The molecule has 4 aromatic carbocycles. The predicted molar refractivity (Wildman–Crippen MR) is 147 cm³/mol. The van der Waals surface area contributed by atoms with E-state index in [2.05, 4.69) is 61.5 Å². The largest absolute Gasteiger partial charge is 0.497 e. The molecule has 0 radical (unpaired) electrons. The number of carbonyl (C=O) groups is 1. The number of nitrogens with zero attached hydrogens (tertiary/aromatic N) is 2. The van der Waals surface area contributed by atoms with Crippen LogP contribution < -0.4 is 4.74 Å². The third-order valence-electron chi connectivity index (χ3n) is 6.58. The highest BCUT2D eigenvalue weighted by Crippen LogP contribution is 2.30. The van der Waals surface area contributed by atoms with E-state index < -0.39 is 5.92 Å². The maximum Gasteiger partial charge on any atom is 0.313 e. The van der Waals surface area contributed by atoms with Crippen LogP contribution in [0.5, 0.6) is 5.75 Å². The molecular formula is C32H30N2O3. The summed E-state index contributed by atoms with van der Waals surface area (Å²) in [5.74, 6) is 0.0787. The molecule has 5 nitrogen and oxygen atoms in total. The lowest BCUT2D eigenvalue weighted by Gasteiger charge is -2.16. The fraction of sp³-hybridized carbons (Fsp3) is 0.188. The lowest BCUT2D eigenvalue weighted by Crippen LogP contribution is -2.18. The average Bonchev–Trinajstić information content (AvgIpc) is 3.36. The molecule has 5 heteroatoms. The minimum atomic E-state index is -0.463. The fourth-order valence-electron chi connectivity index (χ4n) is 4.59. The van der Waals surface area contributed by atoms with Crippen LogP contribution in [0.25, 0.3) is 27.7 Å². The third-order valence-corrected chi connectivity index (χ3v) is 6.58. The maximum absolute atomic E-state index is 13.2. The van der Waals surface area contributed by atoms with Crippen molar-refractivity contribution in [3.8, 4) is 22.7 Å². The van der Waals surface area contributed by atoms with Crippen molar-refractivity contribution in [2.24, 2.45) is 0 Å². The summed E-state index contributed by atoms with van der Waals surface area (Å²) in [7, 11) is 1.65. The molecule has 0 aliphatic carbocycles. The molecule has 0 aliphatic rings. The summed E-state index contributed by atoms with van der Waals surface area (Å²) in [6, 6.07) is 32.6. The number of rotatable bonds is 8. The van der Waals surface area contributed by atoms with Crippen LogP contribution in [0.2, 0.25) is 0 Å². The Kier molecular flexibility index (Phi) is 7.04. The van der Waals surface area contributed by atoms with Gasteiger partial charge in [0.15, 0.2) is 0 Å². The molecule has 0 bridgehead atoms. The van der Waals surface area contributed by atoms with E-state index in [9.17, 15) is 4.79 Å². The fourth-order valence-corrected chi connectivity index (χ4v) is 4.59. The van der Waals surface area contributed by atoms with Crippen molar-refractivity contribution in [3.05, 3.63) is 114 Å². The van der Waals surface area contributed by atoms with Crippen LogP contribution in [0, 0.1) is 6.92 Å². The van der Waals surface area contributed by atoms with E-state index >= 15 is 0 Å². The third kappa shape index (κ3) is 5.26. The van der Waals surface area contributed by atoms with Crippen molar-refractivity contribution in [1.29, 1.82) is 0 Å². The first-order valence-electron chi connectivity index (χ1n) is 12.5. The average molecular weight is 491 g/mol. The van der Waals surface area contributed by atoms with Crippen molar-refractivity contribution in [2.45, 2.75) is 26.2 Å². The van der Waals surface area contributed by atoms with Gasteiger partial charge in [0.1, 0.15) is 5.75 Å². The Hall–Kier alpha value is -4.38. The molecule has 0 aliphatic heterocycles. The quantitative estimate of drug-likeness (QED) is 0.222. The van der Waals surface area contributed by atoms with Gasteiger partial charge in [-0.2, -0.15) is 5.10 Å². The molecule has 186 valence electrons. The standard InChI is InChI=1S/C32H30N2O3/c1-4-37-32(35)30(26-14-13-23-7-5-6-8-25(23)19-26)20-27-21-31(24-11-9-22(2)10-12-24)34(33-27)28-15-17-29(36-3)18-16-28/h5-19,21,30H,4,20H2,1-3H3. The first-order chi connectivity index (χ1) is 18.1. The van der Waals surface area contributed by atoms with Crippen LogP contribution in [0.1, 0.15) is 29.7 Å². The molecule has 1 atom stereocenters. The second-order valence-electron chi connectivity index (χ2n) is 9.11. The number of fused-ring (bicyclic) bond motifs is 1. The summed E-state index contributed by atoms with van der Waals surface area (Å²) in [5, 5.41) is 7.21. The summed E-state index contributed by atoms with van der Waals surface area (Å²) in [6.07, 6.45) is 0.430. The summed E-state index contributed by atoms with van der Waals surface area (Å²) < 4.78 is 12.8. The number of aryl methyl sites for hydroxylation is 1. The highest BCUT2D eigenvalue weighted by atomic mass is 16.5. The van der Waals surface area contributed by atoms with Gasteiger partial charge < -0.3 is 9.47 Å². The minimum Gasteiger partial charge on any atom is -0.497 e. The van der Waals surface area contributed by atoms with Gasteiger partial charge in [-0.15, -0.1) is 0 Å². The smallest absolute Gasteiger partial charge is 0.313 e. The molecule has 5 rings (SSSR count). The van der Waals surface area contributed by atoms with Gasteiger partial charge in [-0.1, -0.05) is 72.3 Å². The Morgan fingerprint density at radius 1 is 0.892 bits per heavy atom. The molecule has 1 heterocycles. The van der Waals surface area contributed by atoms with Gasteiger partial charge in [-0.3, -0.25) is 4.79 Å². The predicted octanol–water partition coefficient (Wildman–Crippen LogP) is 6.90. The topological polar surface area (TPSA) is 53.4 Å². The molecule has 1 aromatic heterocycles. The number of aromatic nitrogens is 2. The zero-order valence-corrected chi connectivity index (χ0v) is 21.3. The summed E-state index contributed by atoms with van der Waals surface area (Å²) in [5.41, 5.74) is 5.87. The van der Waals surface area contributed by atoms with Gasteiger partial charge in [0.25, 0.3) is 0 Å². The van der Waals surface area contributed by atoms with Crippen molar-refractivity contribution in [3.63, 3.8) is 0 Å². The molecule has 0 amide bonds. The van der Waals surface area contributed by atoms with Gasteiger partial charge in [-0.05, 0) is 60.5 Å². The Bertz CT molecular complexity index is 1520. The van der Waals surface area contributed by atoms with Crippen LogP contribution in [0.3, 0.4) is 0 Å². The number of hydrogen-bond donors (Lipinski definition) is 0. The molecule has 5 aromatic rings. The number of esters is 1. The van der Waals surface area contributed by atoms with E-state index in [4.69, 9.17) is 14.6 Å². The summed E-state index contributed by atoms with van der Waals surface area (Å²) in [4.78, 5) is 13.2. The molecule has 0 saturated heterocycles. The Balaban J connectivity index is 1.57. The monoisotopic (exact) mass is 490 g/mol. The number of methoxy groups -OCH3 is 1. The van der Waals surface area contributed by atoms with E-state index in [0.29, 0.717) is 13.0 Å². The van der Waals surface area contributed by atoms with Gasteiger partial charge >= 0.3 is 5.97 Å². The Morgan fingerprint density at radius 2 is 1.62 bits per heavy atom. The van der Waals surface area contributed by atoms with Gasteiger partial charge in [0.2, 0.25) is 0 Å². The Labute approximate surface area is 217 Å². The lowest BCUT2D eigenvalue weighted by molar-refractivity contribution is -0.145. The second kappa shape index (κ2) is 10.7.